The van der Waals surface area contributed by atoms with E-state index >= 15 is 0 Å². The summed E-state index contributed by atoms with van der Waals surface area (Å²) < 4.78 is 7.91. The summed E-state index contributed by atoms with van der Waals surface area (Å²) in [5, 5.41) is 10.6. The van der Waals surface area contributed by atoms with Crippen LogP contribution >= 0.6 is 22.7 Å². The molecule has 244 valence electrons. The fourth-order valence-corrected chi connectivity index (χ4v) is 11.9. The molecule has 0 fully saturated rings. The van der Waals surface area contributed by atoms with Crippen molar-refractivity contribution in [3.63, 3.8) is 0 Å². The first-order chi connectivity index (χ1) is 25.6. The van der Waals surface area contributed by atoms with Crippen molar-refractivity contribution in [3.05, 3.63) is 163 Å². The smallest absolute Gasteiger partial charge is 0.0640 e. The average Bonchev–Trinajstić information content (AvgIpc) is 3.91. The van der Waals surface area contributed by atoms with Gasteiger partial charge in [0.05, 0.1) is 11.0 Å². The maximum absolute atomic E-state index is 2.58. The van der Waals surface area contributed by atoms with Crippen LogP contribution < -0.4 is 0 Å². The molecule has 0 aliphatic heterocycles. The fraction of sp³-hybridized carbons (Fsp3) is 0.0612. The molecule has 0 bridgehead atoms. The van der Waals surface area contributed by atoms with E-state index in [0.29, 0.717) is 0 Å². The summed E-state index contributed by atoms with van der Waals surface area (Å²) in [6.45, 7) is 4.79. The highest BCUT2D eigenvalue weighted by Crippen LogP contribution is 2.53. The first-order valence-electron chi connectivity index (χ1n) is 18.0. The Morgan fingerprint density at radius 3 is 2.04 bits per heavy atom. The third kappa shape index (κ3) is 3.67. The molecule has 0 unspecified atom stereocenters. The van der Waals surface area contributed by atoms with Gasteiger partial charge in [-0.05, 0) is 75.0 Å². The van der Waals surface area contributed by atoms with Crippen molar-refractivity contribution in [2.45, 2.75) is 19.3 Å². The third-order valence-electron chi connectivity index (χ3n) is 11.8. The van der Waals surface area contributed by atoms with Gasteiger partial charge in [0.25, 0.3) is 0 Å². The van der Waals surface area contributed by atoms with E-state index in [4.69, 9.17) is 0 Å². The van der Waals surface area contributed by atoms with Gasteiger partial charge in [-0.3, -0.25) is 0 Å². The van der Waals surface area contributed by atoms with Crippen LogP contribution in [0.4, 0.5) is 0 Å². The lowest BCUT2D eigenvalue weighted by atomic mass is 9.80. The molecule has 0 saturated carbocycles. The van der Waals surface area contributed by atoms with Gasteiger partial charge in [-0.25, -0.2) is 0 Å². The van der Waals surface area contributed by atoms with Crippen molar-refractivity contribution in [1.82, 2.24) is 4.57 Å². The van der Waals surface area contributed by atoms with Gasteiger partial charge < -0.3 is 4.57 Å². The SMILES string of the molecule is CC1(C)c2ccc(-n3c4ccccc4c4c(-c5cccc6c5sc5ccccc56)cc5sc6ccccc6c5c43)cc2-c2ccc3ccccc3c21. The van der Waals surface area contributed by atoms with E-state index in [9.17, 15) is 0 Å². The second-order valence-electron chi connectivity index (χ2n) is 14.8. The second-order valence-corrected chi connectivity index (χ2v) is 17.0. The van der Waals surface area contributed by atoms with Crippen LogP contribution in [0.15, 0.2) is 152 Å². The third-order valence-corrected chi connectivity index (χ3v) is 14.1. The molecule has 0 radical (unpaired) electrons. The van der Waals surface area contributed by atoms with Gasteiger partial charge in [-0.15, -0.1) is 22.7 Å². The van der Waals surface area contributed by atoms with Gasteiger partial charge in [-0.1, -0.05) is 129 Å². The molecule has 0 saturated heterocycles. The van der Waals surface area contributed by atoms with Crippen LogP contribution in [0.3, 0.4) is 0 Å². The minimum atomic E-state index is -0.0994. The number of hydrogen-bond acceptors (Lipinski definition) is 2. The number of fused-ring (bicyclic) bond motifs is 15. The van der Waals surface area contributed by atoms with Crippen LogP contribution in [0.5, 0.6) is 0 Å². The van der Waals surface area contributed by atoms with E-state index in [1.54, 1.807) is 0 Å². The van der Waals surface area contributed by atoms with Crippen LogP contribution in [0.25, 0.3) is 101 Å². The Kier molecular flexibility index (Phi) is 5.67. The number of hydrogen-bond donors (Lipinski definition) is 0. The average molecular weight is 698 g/mol. The largest absolute Gasteiger partial charge is 0.309 e. The Balaban J connectivity index is 1.24. The molecule has 12 rings (SSSR count). The standard InChI is InChI=1S/C49H31NS2/c1-49(2)39-25-23-29(26-37(39)32-24-22-28-12-3-4-13-30(28)46(32)49)50-40-19-8-5-15-35(40)44-38(27-43-45(47(44)50)36-16-7-10-21-42(36)51-43)34-18-11-17-33-31-14-6-9-20-41(31)52-48(33)34/h3-27H,1-2H3. The van der Waals surface area contributed by atoms with Crippen LogP contribution in [0.2, 0.25) is 0 Å². The van der Waals surface area contributed by atoms with Gasteiger partial charge in [0.1, 0.15) is 0 Å². The maximum atomic E-state index is 2.58. The molecule has 3 aromatic heterocycles. The van der Waals surface area contributed by atoms with Crippen LogP contribution in [-0.2, 0) is 5.41 Å². The molecule has 0 atom stereocenters. The van der Waals surface area contributed by atoms with E-state index < -0.39 is 0 Å². The molecule has 0 spiro atoms. The molecule has 11 aromatic rings. The van der Waals surface area contributed by atoms with Crippen LogP contribution in [-0.4, -0.2) is 4.57 Å². The van der Waals surface area contributed by atoms with Crippen LogP contribution in [0.1, 0.15) is 25.0 Å². The molecule has 0 N–H and O–H groups in total. The molecular weight excluding hydrogens is 667 g/mol. The first kappa shape index (κ1) is 28.9. The number of para-hydroxylation sites is 1. The van der Waals surface area contributed by atoms with Gasteiger partial charge in [0.2, 0.25) is 0 Å². The second kappa shape index (κ2) is 10.2. The summed E-state index contributed by atoms with van der Waals surface area (Å²) in [5.74, 6) is 0. The van der Waals surface area contributed by atoms with Crippen molar-refractivity contribution in [2.24, 2.45) is 0 Å². The lowest BCUT2D eigenvalue weighted by Gasteiger charge is -2.23. The predicted octanol–water partition coefficient (Wildman–Crippen LogP) is 14.6. The minimum Gasteiger partial charge on any atom is -0.309 e. The normalized spacial score (nSPS) is 13.7. The molecule has 52 heavy (non-hydrogen) atoms. The summed E-state index contributed by atoms with van der Waals surface area (Å²) in [5.41, 5.74) is 11.8. The van der Waals surface area contributed by atoms with Crippen molar-refractivity contribution < 1.29 is 0 Å². The molecule has 3 heterocycles. The number of nitrogens with zero attached hydrogens (tertiary/aromatic N) is 1. The van der Waals surface area contributed by atoms with E-state index in [1.807, 2.05) is 22.7 Å². The van der Waals surface area contributed by atoms with Gasteiger partial charge in [0.15, 0.2) is 0 Å². The molecule has 3 heteroatoms. The topological polar surface area (TPSA) is 4.93 Å². The van der Waals surface area contributed by atoms with E-state index in [2.05, 4.69) is 170 Å². The quantitative estimate of drug-likeness (QED) is 0.169. The lowest BCUT2D eigenvalue weighted by molar-refractivity contribution is 0.666. The van der Waals surface area contributed by atoms with E-state index in [0.717, 1.165) is 0 Å². The van der Waals surface area contributed by atoms with Crippen LogP contribution in [0, 0.1) is 0 Å². The highest BCUT2D eigenvalue weighted by Gasteiger charge is 2.37. The molecule has 1 aliphatic rings. The number of benzene rings is 8. The van der Waals surface area contributed by atoms with Gasteiger partial charge >= 0.3 is 0 Å². The highest BCUT2D eigenvalue weighted by atomic mass is 32.1. The predicted molar refractivity (Wildman–Crippen MR) is 227 cm³/mol. The molecule has 1 nitrogen and oxygen atoms in total. The molecular formula is C49H31NS2. The Hall–Kier alpha value is -5.74. The molecule has 1 aliphatic carbocycles. The summed E-state index contributed by atoms with van der Waals surface area (Å²) >= 11 is 3.83. The van der Waals surface area contributed by atoms with Gasteiger partial charge in [0, 0.05) is 67.8 Å². The Bertz CT molecular complexity index is 3330. The van der Waals surface area contributed by atoms with Crippen molar-refractivity contribution in [3.8, 4) is 27.9 Å². The van der Waals surface area contributed by atoms with Gasteiger partial charge in [-0.2, -0.15) is 0 Å². The number of rotatable bonds is 2. The number of thiophene rings is 2. The van der Waals surface area contributed by atoms with Crippen molar-refractivity contribution in [2.75, 3.05) is 0 Å². The van der Waals surface area contributed by atoms with E-state index in [-0.39, 0.29) is 5.41 Å². The Morgan fingerprint density at radius 2 is 1.17 bits per heavy atom. The Morgan fingerprint density at radius 1 is 0.462 bits per heavy atom. The number of aromatic nitrogens is 1. The van der Waals surface area contributed by atoms with E-state index in [1.165, 1.54) is 112 Å². The highest BCUT2D eigenvalue weighted by molar-refractivity contribution is 7.26. The summed E-state index contributed by atoms with van der Waals surface area (Å²) in [6, 6.07) is 57.0. The monoisotopic (exact) mass is 697 g/mol. The fourth-order valence-electron chi connectivity index (χ4n) is 9.55. The summed E-state index contributed by atoms with van der Waals surface area (Å²) in [7, 11) is 0. The maximum Gasteiger partial charge on any atom is 0.0640 e. The zero-order chi connectivity index (χ0) is 34.3. The zero-order valence-electron chi connectivity index (χ0n) is 28.7. The first-order valence-corrected chi connectivity index (χ1v) is 19.6. The molecule has 8 aromatic carbocycles. The molecule has 0 amide bonds. The zero-order valence-corrected chi connectivity index (χ0v) is 30.3. The van der Waals surface area contributed by atoms with Crippen molar-refractivity contribution in [1.29, 1.82) is 0 Å². The summed E-state index contributed by atoms with van der Waals surface area (Å²) in [4.78, 5) is 0. The van der Waals surface area contributed by atoms with Crippen molar-refractivity contribution >= 4 is 95.6 Å². The lowest BCUT2D eigenvalue weighted by Crippen LogP contribution is -2.15. The Labute approximate surface area is 308 Å². The summed E-state index contributed by atoms with van der Waals surface area (Å²) in [6.07, 6.45) is 0. The minimum absolute atomic E-state index is 0.0994.